The number of halogens is 1. The Morgan fingerprint density at radius 1 is 1.15 bits per heavy atom. The average molecular weight is 398 g/mol. The highest BCUT2D eigenvalue weighted by Gasteiger charge is 2.28. The molecular formula is C18H24FN2O5P. The van der Waals surface area contributed by atoms with Crippen LogP contribution in [0.5, 0.6) is 5.75 Å². The van der Waals surface area contributed by atoms with Crippen molar-refractivity contribution >= 4 is 24.5 Å². The SMILES string of the molecule is NCCCCCCNC(=O)C(F)c1c(OP(=O)(O)O)ccc2ccccc12. The van der Waals surface area contributed by atoms with Gasteiger partial charge in [-0.05, 0) is 36.2 Å². The van der Waals surface area contributed by atoms with Crippen molar-refractivity contribution in [3.05, 3.63) is 42.0 Å². The van der Waals surface area contributed by atoms with Gasteiger partial charge in [-0.2, -0.15) is 0 Å². The fraction of sp³-hybridized carbons (Fsp3) is 0.389. The Labute approximate surface area is 157 Å². The normalized spacial score (nSPS) is 12.7. The number of phosphoric ester groups is 1. The first-order valence-corrected chi connectivity index (χ1v) is 10.2. The summed E-state index contributed by atoms with van der Waals surface area (Å²) < 4.78 is 30.8. The molecule has 0 fully saturated rings. The average Bonchev–Trinajstić information content (AvgIpc) is 2.62. The molecule has 0 saturated carbocycles. The van der Waals surface area contributed by atoms with Gasteiger partial charge in [-0.15, -0.1) is 0 Å². The number of carbonyl (C=O) groups excluding carboxylic acids is 1. The molecule has 0 aliphatic heterocycles. The van der Waals surface area contributed by atoms with Gasteiger partial charge >= 0.3 is 7.82 Å². The molecule has 0 saturated heterocycles. The number of nitrogens with two attached hydrogens (primary N) is 1. The zero-order valence-corrected chi connectivity index (χ0v) is 15.7. The molecule has 2 aromatic rings. The molecular weight excluding hydrogens is 374 g/mol. The number of rotatable bonds is 10. The number of carbonyl (C=O) groups is 1. The molecule has 27 heavy (non-hydrogen) atoms. The monoisotopic (exact) mass is 398 g/mol. The topological polar surface area (TPSA) is 122 Å². The first kappa shape index (κ1) is 21.3. The van der Waals surface area contributed by atoms with E-state index in [0.29, 0.717) is 30.3 Å². The van der Waals surface area contributed by atoms with Crippen molar-refractivity contribution in [2.45, 2.75) is 31.9 Å². The van der Waals surface area contributed by atoms with Gasteiger partial charge in [0.25, 0.3) is 5.91 Å². The molecule has 0 spiro atoms. The van der Waals surface area contributed by atoms with Crippen LogP contribution in [0.4, 0.5) is 4.39 Å². The van der Waals surface area contributed by atoms with E-state index in [-0.39, 0.29) is 11.3 Å². The first-order valence-electron chi connectivity index (χ1n) is 8.72. The number of unbranched alkanes of at least 4 members (excludes halogenated alkanes) is 3. The second-order valence-corrected chi connectivity index (χ2v) is 7.30. The minimum atomic E-state index is -4.91. The zero-order valence-electron chi connectivity index (χ0n) is 14.8. The number of hydrogen-bond acceptors (Lipinski definition) is 4. The molecule has 7 nitrogen and oxygen atoms in total. The number of benzene rings is 2. The summed E-state index contributed by atoms with van der Waals surface area (Å²) in [5.41, 5.74) is 5.21. The minimum Gasteiger partial charge on any atom is -0.404 e. The van der Waals surface area contributed by atoms with E-state index in [9.17, 15) is 13.8 Å². The van der Waals surface area contributed by atoms with Crippen LogP contribution in [0.3, 0.4) is 0 Å². The van der Waals surface area contributed by atoms with E-state index in [0.717, 1.165) is 19.3 Å². The molecule has 1 atom stereocenters. The number of hydrogen-bond donors (Lipinski definition) is 4. The molecule has 0 aromatic heterocycles. The summed E-state index contributed by atoms with van der Waals surface area (Å²) in [5, 5.41) is 3.50. The van der Waals surface area contributed by atoms with Crippen LogP contribution >= 0.6 is 7.82 Å². The predicted octanol–water partition coefficient (Wildman–Crippen LogP) is 2.96. The number of amides is 1. The second-order valence-electron chi connectivity index (χ2n) is 6.14. The van der Waals surface area contributed by atoms with Crippen molar-refractivity contribution in [2.24, 2.45) is 5.73 Å². The van der Waals surface area contributed by atoms with Crippen LogP contribution in [0.15, 0.2) is 36.4 Å². The third kappa shape index (κ3) is 6.29. The lowest BCUT2D eigenvalue weighted by Gasteiger charge is -2.17. The minimum absolute atomic E-state index is 0.197. The highest BCUT2D eigenvalue weighted by Crippen LogP contribution is 2.43. The van der Waals surface area contributed by atoms with E-state index in [4.69, 9.17) is 15.5 Å². The van der Waals surface area contributed by atoms with Gasteiger partial charge in [0.15, 0.2) is 0 Å². The van der Waals surface area contributed by atoms with Gasteiger partial charge in [0.1, 0.15) is 5.75 Å². The predicted molar refractivity (Wildman–Crippen MR) is 101 cm³/mol. The van der Waals surface area contributed by atoms with Crippen molar-refractivity contribution in [1.82, 2.24) is 5.32 Å². The van der Waals surface area contributed by atoms with Crippen molar-refractivity contribution in [2.75, 3.05) is 13.1 Å². The van der Waals surface area contributed by atoms with Gasteiger partial charge in [-0.25, -0.2) is 8.96 Å². The molecule has 0 bridgehead atoms. The van der Waals surface area contributed by atoms with E-state index in [1.54, 1.807) is 30.3 Å². The van der Waals surface area contributed by atoms with Crippen molar-refractivity contribution in [1.29, 1.82) is 0 Å². The smallest absolute Gasteiger partial charge is 0.404 e. The maximum absolute atomic E-state index is 15.0. The van der Waals surface area contributed by atoms with E-state index < -0.39 is 19.9 Å². The van der Waals surface area contributed by atoms with Gasteiger partial charge < -0.3 is 15.6 Å². The highest BCUT2D eigenvalue weighted by molar-refractivity contribution is 7.46. The molecule has 0 aliphatic carbocycles. The summed E-state index contributed by atoms with van der Waals surface area (Å²) in [7, 11) is -4.91. The lowest BCUT2D eigenvalue weighted by molar-refractivity contribution is -0.126. The summed E-state index contributed by atoms with van der Waals surface area (Å²) in [6.45, 7) is 0.922. The third-order valence-corrected chi connectivity index (χ3v) is 4.50. The number of phosphoric acid groups is 1. The van der Waals surface area contributed by atoms with Crippen molar-refractivity contribution < 1.29 is 28.1 Å². The largest absolute Gasteiger partial charge is 0.524 e. The third-order valence-electron chi connectivity index (χ3n) is 4.06. The van der Waals surface area contributed by atoms with Gasteiger partial charge in [0.2, 0.25) is 6.17 Å². The van der Waals surface area contributed by atoms with Crippen LogP contribution in [0.2, 0.25) is 0 Å². The van der Waals surface area contributed by atoms with Crippen LogP contribution in [0, 0.1) is 0 Å². The van der Waals surface area contributed by atoms with E-state index in [1.807, 2.05) is 0 Å². The highest BCUT2D eigenvalue weighted by atomic mass is 31.2. The number of alkyl halides is 1. The Balaban J connectivity index is 2.19. The van der Waals surface area contributed by atoms with Crippen LogP contribution in [-0.2, 0) is 9.36 Å². The molecule has 2 aromatic carbocycles. The van der Waals surface area contributed by atoms with Crippen LogP contribution in [0.25, 0.3) is 10.8 Å². The lowest BCUT2D eigenvalue weighted by Crippen LogP contribution is -2.28. The van der Waals surface area contributed by atoms with Gasteiger partial charge in [0.05, 0.1) is 0 Å². The molecule has 5 N–H and O–H groups in total. The van der Waals surface area contributed by atoms with Crippen LogP contribution in [0.1, 0.15) is 37.4 Å². The Hall–Kier alpha value is -1.99. The Kier molecular flexibility index (Phi) is 7.74. The fourth-order valence-electron chi connectivity index (χ4n) is 2.80. The molecule has 0 aliphatic rings. The van der Waals surface area contributed by atoms with Gasteiger partial charge in [0, 0.05) is 12.1 Å². The summed E-state index contributed by atoms with van der Waals surface area (Å²) >= 11 is 0. The summed E-state index contributed by atoms with van der Waals surface area (Å²) in [4.78, 5) is 30.4. The van der Waals surface area contributed by atoms with E-state index >= 15 is 0 Å². The molecule has 9 heteroatoms. The molecule has 1 unspecified atom stereocenters. The number of fused-ring (bicyclic) bond motifs is 1. The maximum atomic E-state index is 15.0. The fourth-order valence-corrected chi connectivity index (χ4v) is 3.22. The number of nitrogens with one attached hydrogen (secondary N) is 1. The Morgan fingerprint density at radius 3 is 2.56 bits per heavy atom. The van der Waals surface area contributed by atoms with Crippen molar-refractivity contribution in [3.63, 3.8) is 0 Å². The first-order chi connectivity index (χ1) is 12.8. The zero-order chi connectivity index (χ0) is 19.9. The molecule has 148 valence electrons. The van der Waals surface area contributed by atoms with Crippen LogP contribution < -0.4 is 15.6 Å². The van der Waals surface area contributed by atoms with Crippen LogP contribution in [-0.4, -0.2) is 28.8 Å². The van der Waals surface area contributed by atoms with E-state index in [2.05, 4.69) is 9.84 Å². The van der Waals surface area contributed by atoms with Gasteiger partial charge in [-0.3, -0.25) is 14.6 Å². The summed E-state index contributed by atoms with van der Waals surface area (Å²) in [6.07, 6.45) is 1.28. The molecule has 1 amide bonds. The molecule has 0 heterocycles. The molecule has 0 radical (unpaired) electrons. The Morgan fingerprint density at radius 2 is 1.85 bits per heavy atom. The van der Waals surface area contributed by atoms with Crippen molar-refractivity contribution in [3.8, 4) is 5.75 Å². The molecule has 2 rings (SSSR count). The maximum Gasteiger partial charge on any atom is 0.524 e. The summed E-state index contributed by atoms with van der Waals surface area (Å²) in [6, 6.07) is 9.47. The lowest BCUT2D eigenvalue weighted by atomic mass is 9.99. The standard InChI is InChI=1S/C18H24FN2O5P/c19-17(18(22)21-12-6-2-1-5-11-20)16-14-8-4-3-7-13(14)9-10-15(16)26-27(23,24)25/h3-4,7-10,17H,1-2,5-6,11-12,20H2,(H,21,22)(H2,23,24,25). The Bertz CT molecular complexity index is 827. The summed E-state index contributed by atoms with van der Waals surface area (Å²) in [5.74, 6) is -1.23. The quantitative estimate of drug-likeness (QED) is 0.361. The van der Waals surface area contributed by atoms with Gasteiger partial charge in [-0.1, -0.05) is 43.2 Å². The second kappa shape index (κ2) is 9.80. The van der Waals surface area contributed by atoms with E-state index in [1.165, 1.54) is 6.07 Å².